The van der Waals surface area contributed by atoms with Crippen molar-refractivity contribution in [2.24, 2.45) is 0 Å². The van der Waals surface area contributed by atoms with Gasteiger partial charge in [0, 0.05) is 13.7 Å². The van der Waals surface area contributed by atoms with E-state index in [9.17, 15) is 17.9 Å². The number of halogens is 1. The van der Waals surface area contributed by atoms with Crippen molar-refractivity contribution in [2.45, 2.75) is 10.5 Å². The number of hydrogen-bond acceptors (Lipinski definition) is 5. The van der Waals surface area contributed by atoms with E-state index in [0.717, 1.165) is 6.07 Å². The average molecular weight is 369 g/mol. The predicted octanol–water partition coefficient (Wildman–Crippen LogP) is 1.65. The Balaban J connectivity index is 2.23. The first-order chi connectivity index (χ1) is 11.8. The molecule has 2 rings (SSSR count). The van der Waals surface area contributed by atoms with Gasteiger partial charge in [-0.15, -0.1) is 0 Å². The molecule has 8 heteroatoms. The molecule has 0 aliphatic rings. The molecular formula is C17H20FNO5S. The van der Waals surface area contributed by atoms with Gasteiger partial charge in [-0.3, -0.25) is 0 Å². The van der Waals surface area contributed by atoms with E-state index in [-0.39, 0.29) is 23.8 Å². The van der Waals surface area contributed by atoms with Crippen LogP contribution < -0.4 is 9.46 Å². The highest BCUT2D eigenvalue weighted by molar-refractivity contribution is 7.89. The number of rotatable bonds is 8. The van der Waals surface area contributed by atoms with Crippen molar-refractivity contribution in [2.75, 3.05) is 27.4 Å². The van der Waals surface area contributed by atoms with Crippen LogP contribution in [0, 0.1) is 5.82 Å². The maximum atomic E-state index is 13.8. The molecule has 0 bridgehead atoms. The van der Waals surface area contributed by atoms with Gasteiger partial charge in [-0.25, -0.2) is 17.5 Å². The first-order valence-electron chi connectivity index (χ1n) is 7.42. The van der Waals surface area contributed by atoms with E-state index in [1.165, 1.54) is 26.4 Å². The third-order valence-corrected chi connectivity index (χ3v) is 5.08. The van der Waals surface area contributed by atoms with Crippen LogP contribution in [-0.4, -0.2) is 40.9 Å². The van der Waals surface area contributed by atoms with E-state index >= 15 is 0 Å². The van der Waals surface area contributed by atoms with Crippen LogP contribution >= 0.6 is 0 Å². The van der Waals surface area contributed by atoms with Gasteiger partial charge in [0.2, 0.25) is 10.0 Å². The fourth-order valence-corrected chi connectivity index (χ4v) is 3.44. The van der Waals surface area contributed by atoms with Crippen molar-refractivity contribution in [1.82, 2.24) is 4.72 Å². The molecule has 0 heterocycles. The summed E-state index contributed by atoms with van der Waals surface area (Å²) in [6, 6.07) is 11.9. The molecule has 0 aliphatic heterocycles. The first-order valence-corrected chi connectivity index (χ1v) is 8.91. The molecule has 0 aromatic heterocycles. The summed E-state index contributed by atoms with van der Waals surface area (Å²) in [5.74, 6) is -0.847. The number of methoxy groups -OCH3 is 2. The van der Waals surface area contributed by atoms with Crippen LogP contribution in [0.3, 0.4) is 0 Å². The SMILES string of the molecule is COCC(O)(CNS(=O)(=O)c1ccc(OC)c(F)c1)c1ccccc1. The molecule has 0 spiro atoms. The lowest BCUT2D eigenvalue weighted by molar-refractivity contribution is -0.0310. The minimum Gasteiger partial charge on any atom is -0.494 e. The largest absolute Gasteiger partial charge is 0.494 e. The molecule has 0 amide bonds. The number of nitrogens with one attached hydrogen (secondary N) is 1. The highest BCUT2D eigenvalue weighted by Crippen LogP contribution is 2.23. The Morgan fingerprint density at radius 2 is 1.84 bits per heavy atom. The smallest absolute Gasteiger partial charge is 0.240 e. The van der Waals surface area contributed by atoms with E-state index in [1.807, 2.05) is 0 Å². The van der Waals surface area contributed by atoms with Crippen LogP contribution in [-0.2, 0) is 20.4 Å². The van der Waals surface area contributed by atoms with Gasteiger partial charge in [0.25, 0.3) is 0 Å². The van der Waals surface area contributed by atoms with Gasteiger partial charge in [0.1, 0.15) is 5.60 Å². The van der Waals surface area contributed by atoms with Crippen LogP contribution in [0.15, 0.2) is 53.4 Å². The molecule has 6 nitrogen and oxygen atoms in total. The van der Waals surface area contributed by atoms with Gasteiger partial charge >= 0.3 is 0 Å². The van der Waals surface area contributed by atoms with Crippen LogP contribution in [0.2, 0.25) is 0 Å². The summed E-state index contributed by atoms with van der Waals surface area (Å²) in [6.45, 7) is -0.447. The van der Waals surface area contributed by atoms with Gasteiger partial charge in [0.05, 0.1) is 18.6 Å². The van der Waals surface area contributed by atoms with Crippen molar-refractivity contribution in [1.29, 1.82) is 0 Å². The third-order valence-electron chi connectivity index (χ3n) is 3.68. The number of sulfonamides is 1. The summed E-state index contributed by atoms with van der Waals surface area (Å²) in [7, 11) is -1.34. The normalized spacial score (nSPS) is 14.1. The lowest BCUT2D eigenvalue weighted by atomic mass is 9.95. The second-order valence-electron chi connectivity index (χ2n) is 5.45. The highest BCUT2D eigenvalue weighted by Gasteiger charge is 2.31. The molecule has 0 saturated heterocycles. The fourth-order valence-electron chi connectivity index (χ4n) is 2.34. The Kier molecular flexibility index (Phi) is 6.12. The summed E-state index contributed by atoms with van der Waals surface area (Å²) in [5.41, 5.74) is -1.06. The number of benzene rings is 2. The number of aliphatic hydroxyl groups is 1. The highest BCUT2D eigenvalue weighted by atomic mass is 32.2. The van der Waals surface area contributed by atoms with E-state index < -0.39 is 21.4 Å². The van der Waals surface area contributed by atoms with Crippen LogP contribution in [0.1, 0.15) is 5.56 Å². The van der Waals surface area contributed by atoms with Gasteiger partial charge < -0.3 is 14.6 Å². The molecule has 0 radical (unpaired) electrons. The van der Waals surface area contributed by atoms with E-state index in [1.54, 1.807) is 30.3 Å². The quantitative estimate of drug-likeness (QED) is 0.739. The van der Waals surface area contributed by atoms with Gasteiger partial charge in [-0.2, -0.15) is 0 Å². The summed E-state index contributed by atoms with van der Waals surface area (Å²) < 4.78 is 50.6. The molecule has 2 aromatic rings. The molecule has 136 valence electrons. The Morgan fingerprint density at radius 1 is 1.16 bits per heavy atom. The Labute approximate surface area is 146 Å². The van der Waals surface area contributed by atoms with Gasteiger partial charge in [-0.05, 0) is 23.8 Å². The molecule has 1 atom stereocenters. The zero-order valence-electron chi connectivity index (χ0n) is 13.9. The topological polar surface area (TPSA) is 84.9 Å². The van der Waals surface area contributed by atoms with Crippen molar-refractivity contribution in [3.63, 3.8) is 0 Å². The lowest BCUT2D eigenvalue weighted by Gasteiger charge is -2.28. The average Bonchev–Trinajstić information content (AvgIpc) is 2.61. The van der Waals surface area contributed by atoms with Crippen molar-refractivity contribution in [3.8, 4) is 5.75 Å². The molecule has 25 heavy (non-hydrogen) atoms. The first kappa shape index (κ1) is 19.3. The zero-order valence-corrected chi connectivity index (χ0v) is 14.7. The van der Waals surface area contributed by atoms with E-state index in [2.05, 4.69) is 4.72 Å². The number of hydrogen-bond donors (Lipinski definition) is 2. The molecule has 1 unspecified atom stereocenters. The van der Waals surface area contributed by atoms with Gasteiger partial charge in [0.15, 0.2) is 11.6 Å². The molecule has 2 aromatic carbocycles. The summed E-state index contributed by atoms with van der Waals surface area (Å²) in [5, 5.41) is 10.8. The van der Waals surface area contributed by atoms with Gasteiger partial charge in [-0.1, -0.05) is 30.3 Å². The van der Waals surface area contributed by atoms with Crippen LogP contribution in [0.4, 0.5) is 4.39 Å². The minimum atomic E-state index is -4.03. The maximum Gasteiger partial charge on any atom is 0.240 e. The van der Waals surface area contributed by atoms with Crippen molar-refractivity contribution in [3.05, 3.63) is 59.9 Å². The Bertz CT molecular complexity index is 813. The van der Waals surface area contributed by atoms with Crippen molar-refractivity contribution < 1.29 is 27.4 Å². The Morgan fingerprint density at radius 3 is 2.40 bits per heavy atom. The predicted molar refractivity (Wildman–Crippen MR) is 90.4 cm³/mol. The molecule has 0 aliphatic carbocycles. The maximum absolute atomic E-state index is 13.8. The molecule has 2 N–H and O–H groups in total. The standard InChI is InChI=1S/C17H20FNO5S/c1-23-12-17(20,13-6-4-3-5-7-13)11-19-25(21,22)14-8-9-16(24-2)15(18)10-14/h3-10,19-20H,11-12H2,1-2H3. The van der Waals surface area contributed by atoms with Crippen LogP contribution in [0.25, 0.3) is 0 Å². The summed E-state index contributed by atoms with van der Waals surface area (Å²) in [6.07, 6.45) is 0. The molecular weight excluding hydrogens is 349 g/mol. The second-order valence-corrected chi connectivity index (χ2v) is 7.22. The lowest BCUT2D eigenvalue weighted by Crippen LogP contribution is -2.43. The van der Waals surface area contributed by atoms with Crippen molar-refractivity contribution >= 4 is 10.0 Å². The molecule has 0 fully saturated rings. The minimum absolute atomic E-state index is 0.0564. The Hall–Kier alpha value is -2.00. The number of ether oxygens (including phenoxy) is 2. The zero-order chi connectivity index (χ0) is 18.5. The molecule has 0 saturated carbocycles. The van der Waals surface area contributed by atoms with Crippen LogP contribution in [0.5, 0.6) is 5.75 Å². The van der Waals surface area contributed by atoms with E-state index in [4.69, 9.17) is 9.47 Å². The third kappa shape index (κ3) is 4.55. The summed E-state index contributed by atoms with van der Waals surface area (Å²) >= 11 is 0. The monoisotopic (exact) mass is 369 g/mol. The second kappa shape index (κ2) is 7.92. The van der Waals surface area contributed by atoms with E-state index in [0.29, 0.717) is 5.56 Å². The fraction of sp³-hybridized carbons (Fsp3) is 0.294. The summed E-state index contributed by atoms with van der Waals surface area (Å²) in [4.78, 5) is -0.265.